The van der Waals surface area contributed by atoms with Gasteiger partial charge >= 0.3 is 0 Å². The molecule has 0 aliphatic heterocycles. The van der Waals surface area contributed by atoms with Crippen LogP contribution >= 0.6 is 22.9 Å². The maximum atomic E-state index is 12.9. The second-order valence-corrected chi connectivity index (χ2v) is 5.59. The molecule has 1 aromatic heterocycles. The molecule has 0 fully saturated rings. The largest absolute Gasteiger partial charge is 0.482 e. The fourth-order valence-corrected chi connectivity index (χ4v) is 2.70. The number of aryl methyl sites for hydroxylation is 1. The number of rotatable bonds is 4. The van der Waals surface area contributed by atoms with E-state index in [1.165, 1.54) is 23.1 Å². The fourth-order valence-electron chi connectivity index (χ4n) is 1.57. The van der Waals surface area contributed by atoms with Crippen molar-refractivity contribution in [3.8, 4) is 5.75 Å². The van der Waals surface area contributed by atoms with Crippen LogP contribution in [0.1, 0.15) is 15.9 Å². The van der Waals surface area contributed by atoms with Crippen LogP contribution in [0.15, 0.2) is 30.3 Å². The molecule has 0 spiro atoms. The van der Waals surface area contributed by atoms with Crippen LogP contribution in [-0.4, -0.2) is 6.54 Å². The van der Waals surface area contributed by atoms with E-state index >= 15 is 0 Å². The lowest BCUT2D eigenvalue weighted by Gasteiger charge is -2.17. The summed E-state index contributed by atoms with van der Waals surface area (Å²) >= 11 is 7.55. The lowest BCUT2D eigenvalue weighted by Crippen LogP contribution is -2.17. The van der Waals surface area contributed by atoms with E-state index in [1.54, 1.807) is 11.3 Å². The average Bonchev–Trinajstić information content (AvgIpc) is 2.75. The standard InChI is InChI=1S/C13H13ClFNOS/c1-8-2-5-13(18-8)12(7-16)17-11-4-3-9(15)6-10(11)14/h2-6,12H,7,16H2,1H3. The normalized spacial score (nSPS) is 12.4. The minimum atomic E-state index is -0.386. The van der Waals surface area contributed by atoms with Gasteiger partial charge in [-0.15, -0.1) is 11.3 Å². The average molecular weight is 286 g/mol. The van der Waals surface area contributed by atoms with Gasteiger partial charge in [-0.1, -0.05) is 11.6 Å². The van der Waals surface area contributed by atoms with Crippen LogP contribution < -0.4 is 10.5 Å². The Hall–Kier alpha value is -1.10. The summed E-state index contributed by atoms with van der Waals surface area (Å²) in [5, 5.41) is 0.252. The zero-order valence-corrected chi connectivity index (χ0v) is 11.4. The molecule has 1 heterocycles. The Balaban J connectivity index is 2.20. The number of benzene rings is 1. The van der Waals surface area contributed by atoms with E-state index in [-0.39, 0.29) is 16.9 Å². The van der Waals surface area contributed by atoms with Crippen molar-refractivity contribution in [2.24, 2.45) is 5.73 Å². The van der Waals surface area contributed by atoms with E-state index < -0.39 is 0 Å². The molecule has 2 rings (SSSR count). The molecule has 96 valence electrons. The highest BCUT2D eigenvalue weighted by Gasteiger charge is 2.15. The van der Waals surface area contributed by atoms with Crippen molar-refractivity contribution < 1.29 is 9.13 Å². The zero-order chi connectivity index (χ0) is 13.1. The molecule has 1 atom stereocenters. The molecule has 2 aromatic rings. The maximum absolute atomic E-state index is 12.9. The third-order valence-electron chi connectivity index (χ3n) is 2.46. The number of hydrogen-bond acceptors (Lipinski definition) is 3. The second kappa shape index (κ2) is 5.69. The van der Waals surface area contributed by atoms with Crippen LogP contribution in [0.5, 0.6) is 5.75 Å². The van der Waals surface area contributed by atoms with E-state index in [4.69, 9.17) is 22.1 Å². The Morgan fingerprint density at radius 1 is 1.39 bits per heavy atom. The predicted molar refractivity (Wildman–Crippen MR) is 72.9 cm³/mol. The quantitative estimate of drug-likeness (QED) is 0.924. The van der Waals surface area contributed by atoms with Gasteiger partial charge in [-0.05, 0) is 37.3 Å². The second-order valence-electron chi connectivity index (χ2n) is 3.87. The van der Waals surface area contributed by atoms with E-state index in [1.807, 2.05) is 19.1 Å². The topological polar surface area (TPSA) is 35.2 Å². The van der Waals surface area contributed by atoms with Gasteiger partial charge in [-0.3, -0.25) is 0 Å². The molecule has 0 amide bonds. The van der Waals surface area contributed by atoms with Crippen molar-refractivity contribution in [2.45, 2.75) is 13.0 Å². The smallest absolute Gasteiger partial charge is 0.145 e. The Bertz CT molecular complexity index is 544. The van der Waals surface area contributed by atoms with Crippen LogP contribution in [0.3, 0.4) is 0 Å². The first kappa shape index (κ1) is 13.3. The number of ether oxygens (including phenoxy) is 1. The van der Waals surface area contributed by atoms with Crippen LogP contribution in [0.4, 0.5) is 4.39 Å². The van der Waals surface area contributed by atoms with E-state index in [2.05, 4.69) is 0 Å². The molecule has 0 aliphatic carbocycles. The zero-order valence-electron chi connectivity index (χ0n) is 9.82. The van der Waals surface area contributed by atoms with Gasteiger partial charge in [0.15, 0.2) is 0 Å². The number of thiophene rings is 1. The minimum Gasteiger partial charge on any atom is -0.482 e. The summed E-state index contributed by atoms with van der Waals surface area (Å²) in [7, 11) is 0. The summed E-state index contributed by atoms with van der Waals surface area (Å²) < 4.78 is 18.7. The van der Waals surface area contributed by atoms with Crippen molar-refractivity contribution >= 4 is 22.9 Å². The van der Waals surface area contributed by atoms with Gasteiger partial charge in [-0.25, -0.2) is 4.39 Å². The van der Waals surface area contributed by atoms with Crippen molar-refractivity contribution in [1.82, 2.24) is 0 Å². The monoisotopic (exact) mass is 285 g/mol. The lowest BCUT2D eigenvalue weighted by molar-refractivity contribution is 0.218. The van der Waals surface area contributed by atoms with Gasteiger partial charge in [0.1, 0.15) is 17.7 Å². The molecule has 0 saturated heterocycles. The highest BCUT2D eigenvalue weighted by atomic mass is 35.5. The fraction of sp³-hybridized carbons (Fsp3) is 0.231. The molecule has 2 nitrogen and oxygen atoms in total. The molecule has 2 N–H and O–H groups in total. The van der Waals surface area contributed by atoms with Crippen LogP contribution in [0, 0.1) is 12.7 Å². The first-order valence-corrected chi connectivity index (χ1v) is 6.67. The van der Waals surface area contributed by atoms with Crippen molar-refractivity contribution in [2.75, 3.05) is 6.54 Å². The van der Waals surface area contributed by atoms with Gasteiger partial charge in [-0.2, -0.15) is 0 Å². The van der Waals surface area contributed by atoms with Crippen molar-refractivity contribution in [3.05, 3.63) is 50.9 Å². The van der Waals surface area contributed by atoms with Gasteiger partial charge in [0, 0.05) is 16.3 Å². The van der Waals surface area contributed by atoms with Gasteiger partial charge < -0.3 is 10.5 Å². The van der Waals surface area contributed by atoms with E-state index in [0.717, 1.165) is 4.88 Å². The molecule has 5 heteroatoms. The van der Waals surface area contributed by atoms with Gasteiger partial charge in [0.2, 0.25) is 0 Å². The van der Waals surface area contributed by atoms with Crippen LogP contribution in [-0.2, 0) is 0 Å². The molecule has 0 aliphatic rings. The Labute approximate surface area is 114 Å². The molecular formula is C13H13ClFNOS. The Morgan fingerprint density at radius 2 is 2.17 bits per heavy atom. The van der Waals surface area contributed by atoms with Gasteiger partial charge in [0.05, 0.1) is 5.02 Å². The molecule has 1 unspecified atom stereocenters. The first-order valence-electron chi connectivity index (χ1n) is 5.48. The van der Waals surface area contributed by atoms with Crippen molar-refractivity contribution in [1.29, 1.82) is 0 Å². The summed E-state index contributed by atoms with van der Waals surface area (Å²) in [5.41, 5.74) is 5.71. The predicted octanol–water partition coefficient (Wildman–Crippen LogP) is 3.93. The summed E-state index contributed by atoms with van der Waals surface area (Å²) in [4.78, 5) is 2.23. The van der Waals surface area contributed by atoms with Crippen LogP contribution in [0.25, 0.3) is 0 Å². The molecule has 0 bridgehead atoms. The summed E-state index contributed by atoms with van der Waals surface area (Å²) in [6.45, 7) is 2.36. The Morgan fingerprint density at radius 3 is 2.72 bits per heavy atom. The number of halogens is 2. The van der Waals surface area contributed by atoms with Crippen LogP contribution in [0.2, 0.25) is 5.02 Å². The molecule has 1 aromatic carbocycles. The van der Waals surface area contributed by atoms with Gasteiger partial charge in [0.25, 0.3) is 0 Å². The number of nitrogens with two attached hydrogens (primary N) is 1. The summed E-state index contributed by atoms with van der Waals surface area (Å²) in [5.74, 6) is 0.0585. The summed E-state index contributed by atoms with van der Waals surface area (Å²) in [6.07, 6.45) is -0.258. The van der Waals surface area contributed by atoms with E-state index in [9.17, 15) is 4.39 Å². The van der Waals surface area contributed by atoms with Crippen molar-refractivity contribution in [3.63, 3.8) is 0 Å². The SMILES string of the molecule is Cc1ccc(C(CN)Oc2ccc(F)cc2Cl)s1. The van der Waals surface area contributed by atoms with E-state index in [0.29, 0.717) is 12.3 Å². The third-order valence-corrected chi connectivity index (χ3v) is 3.84. The molecular weight excluding hydrogens is 273 g/mol. The highest BCUT2D eigenvalue weighted by molar-refractivity contribution is 7.12. The number of hydrogen-bond donors (Lipinski definition) is 1. The first-order chi connectivity index (χ1) is 8.60. The summed E-state index contributed by atoms with van der Waals surface area (Å²) in [6, 6.07) is 8.05. The molecule has 0 radical (unpaired) electrons. The maximum Gasteiger partial charge on any atom is 0.145 e. The molecule has 0 saturated carbocycles. The Kier molecular flexibility index (Phi) is 4.22. The minimum absolute atomic E-state index is 0.252. The third kappa shape index (κ3) is 3.02. The molecule has 18 heavy (non-hydrogen) atoms. The highest BCUT2D eigenvalue weighted by Crippen LogP contribution is 2.31. The lowest BCUT2D eigenvalue weighted by atomic mass is 10.2.